The molecule has 0 radical (unpaired) electrons. The molecule has 7 nitrogen and oxygen atoms in total. The molecule has 0 spiro atoms. The molecular weight excluding hydrogens is 380 g/mol. The van der Waals surface area contributed by atoms with Crippen molar-refractivity contribution >= 4 is 22.6 Å². The van der Waals surface area contributed by atoms with Crippen LogP contribution in [-0.4, -0.2) is 40.6 Å². The van der Waals surface area contributed by atoms with Crippen molar-refractivity contribution < 1.29 is 13.9 Å². The first kappa shape index (κ1) is 20.6. The largest absolute Gasteiger partial charge is 0.456 e. The summed E-state index contributed by atoms with van der Waals surface area (Å²) in [6.45, 7) is 5.56. The number of amides is 1. The number of carbonyl (C=O) groups is 1. The van der Waals surface area contributed by atoms with Crippen LogP contribution in [-0.2, 0) is 31.4 Å². The summed E-state index contributed by atoms with van der Waals surface area (Å²) in [6.07, 6.45) is 4.56. The van der Waals surface area contributed by atoms with Gasteiger partial charge in [0.25, 0.3) is 5.91 Å². The van der Waals surface area contributed by atoms with Gasteiger partial charge in [0.15, 0.2) is 5.76 Å². The summed E-state index contributed by atoms with van der Waals surface area (Å²) in [5.74, 6) is 1.87. The number of anilines is 1. The number of aryl methyl sites for hydroxylation is 2. The van der Waals surface area contributed by atoms with Crippen LogP contribution in [0.5, 0.6) is 0 Å². The molecule has 30 heavy (non-hydrogen) atoms. The summed E-state index contributed by atoms with van der Waals surface area (Å²) in [6, 6.07) is 7.60. The maximum absolute atomic E-state index is 12.7. The van der Waals surface area contributed by atoms with Gasteiger partial charge in [0, 0.05) is 31.8 Å². The highest BCUT2D eigenvalue weighted by Gasteiger charge is 2.18. The Kier molecular flexibility index (Phi) is 6.20. The molecule has 7 heteroatoms. The molecule has 160 valence electrons. The normalized spacial score (nSPS) is 15.0. The molecule has 1 aliphatic heterocycles. The average molecular weight is 411 g/mol. The molecule has 2 aromatic heterocycles. The van der Waals surface area contributed by atoms with Crippen LogP contribution in [0.2, 0.25) is 0 Å². The fraction of sp³-hybridized carbons (Fsp3) is 0.478. The quantitative estimate of drug-likeness (QED) is 0.634. The number of piperidine rings is 1. The van der Waals surface area contributed by atoms with Crippen LogP contribution in [0.1, 0.15) is 53.9 Å². The smallest absolute Gasteiger partial charge is 0.291 e. The maximum Gasteiger partial charge on any atom is 0.291 e. The molecule has 1 amide bonds. The van der Waals surface area contributed by atoms with E-state index < -0.39 is 0 Å². The third kappa shape index (κ3) is 4.27. The number of likely N-dealkylation sites (tertiary alicyclic amines) is 1. The van der Waals surface area contributed by atoms with Crippen molar-refractivity contribution in [2.45, 2.75) is 45.8 Å². The summed E-state index contributed by atoms with van der Waals surface area (Å²) in [7, 11) is 3.69. The molecule has 1 aromatic carbocycles. The molecule has 3 heterocycles. The lowest BCUT2D eigenvalue weighted by molar-refractivity contribution is 0.0995. The number of rotatable bonds is 7. The minimum Gasteiger partial charge on any atom is -0.456 e. The minimum atomic E-state index is -0.268. The van der Waals surface area contributed by atoms with E-state index in [1.54, 1.807) is 13.2 Å². The summed E-state index contributed by atoms with van der Waals surface area (Å²) in [5, 5.41) is 2.93. The Morgan fingerprint density at radius 1 is 1.23 bits per heavy atom. The Labute approximate surface area is 177 Å². The Balaban J connectivity index is 1.51. The third-order valence-corrected chi connectivity index (χ3v) is 5.79. The van der Waals surface area contributed by atoms with Crippen molar-refractivity contribution in [1.82, 2.24) is 14.5 Å². The summed E-state index contributed by atoms with van der Waals surface area (Å²) in [5.41, 5.74) is 3.57. The Morgan fingerprint density at radius 3 is 2.77 bits per heavy atom. The first-order valence-corrected chi connectivity index (χ1v) is 10.7. The first-order chi connectivity index (χ1) is 14.6. The number of benzene rings is 1. The second kappa shape index (κ2) is 9.02. The molecule has 3 aromatic rings. The molecule has 1 fully saturated rings. The van der Waals surface area contributed by atoms with Crippen LogP contribution in [0.4, 0.5) is 5.69 Å². The number of fused-ring (bicyclic) bond motifs is 1. The lowest BCUT2D eigenvalue weighted by Crippen LogP contribution is -2.30. The molecule has 0 unspecified atom stereocenters. The number of nitrogens with one attached hydrogen (secondary N) is 1. The monoisotopic (exact) mass is 410 g/mol. The lowest BCUT2D eigenvalue weighted by Gasteiger charge is -2.25. The van der Waals surface area contributed by atoms with Crippen molar-refractivity contribution in [3.05, 3.63) is 47.2 Å². The van der Waals surface area contributed by atoms with Crippen LogP contribution in [0, 0.1) is 0 Å². The van der Waals surface area contributed by atoms with E-state index in [1.165, 1.54) is 19.3 Å². The predicted octanol–water partition coefficient (Wildman–Crippen LogP) is 4.11. The molecular formula is C23H30N4O3. The highest BCUT2D eigenvalue weighted by molar-refractivity contribution is 6.03. The first-order valence-electron chi connectivity index (χ1n) is 10.7. The van der Waals surface area contributed by atoms with E-state index in [4.69, 9.17) is 14.1 Å². The van der Waals surface area contributed by atoms with Gasteiger partial charge < -0.3 is 19.0 Å². The Hall–Kier alpha value is -2.64. The van der Waals surface area contributed by atoms with Crippen molar-refractivity contribution in [1.29, 1.82) is 0 Å². The number of imidazole rings is 1. The van der Waals surface area contributed by atoms with Crippen LogP contribution in [0.15, 0.2) is 28.7 Å². The molecule has 0 saturated carbocycles. The second-order valence-electron chi connectivity index (χ2n) is 7.93. The average Bonchev–Trinajstić information content (AvgIpc) is 3.30. The van der Waals surface area contributed by atoms with Crippen molar-refractivity contribution in [3.63, 3.8) is 0 Å². The van der Waals surface area contributed by atoms with E-state index in [-0.39, 0.29) is 5.91 Å². The van der Waals surface area contributed by atoms with Crippen molar-refractivity contribution in [2.75, 3.05) is 25.5 Å². The van der Waals surface area contributed by atoms with E-state index in [1.807, 2.05) is 25.1 Å². The number of carbonyl (C=O) groups excluding carboxylic acids is 1. The summed E-state index contributed by atoms with van der Waals surface area (Å²) in [4.78, 5) is 20.0. The van der Waals surface area contributed by atoms with Gasteiger partial charge >= 0.3 is 0 Å². The maximum atomic E-state index is 12.7. The molecule has 4 rings (SSSR count). The lowest BCUT2D eigenvalue weighted by atomic mass is 10.1. The second-order valence-corrected chi connectivity index (χ2v) is 7.93. The number of methoxy groups -OCH3 is 1. The molecule has 0 atom stereocenters. The van der Waals surface area contributed by atoms with Gasteiger partial charge in [-0.15, -0.1) is 0 Å². The molecule has 1 saturated heterocycles. The van der Waals surface area contributed by atoms with E-state index in [2.05, 4.69) is 21.8 Å². The fourth-order valence-corrected chi connectivity index (χ4v) is 4.13. The van der Waals surface area contributed by atoms with Crippen LogP contribution < -0.4 is 5.32 Å². The number of hydrogen-bond acceptors (Lipinski definition) is 5. The van der Waals surface area contributed by atoms with Crippen LogP contribution in [0.3, 0.4) is 0 Å². The summed E-state index contributed by atoms with van der Waals surface area (Å²) < 4.78 is 13.1. The highest BCUT2D eigenvalue weighted by Crippen LogP contribution is 2.23. The Bertz CT molecular complexity index is 1030. The third-order valence-electron chi connectivity index (χ3n) is 5.79. The topological polar surface area (TPSA) is 72.5 Å². The van der Waals surface area contributed by atoms with Crippen molar-refractivity contribution in [2.24, 2.45) is 7.05 Å². The van der Waals surface area contributed by atoms with E-state index >= 15 is 0 Å². The van der Waals surface area contributed by atoms with Crippen LogP contribution >= 0.6 is 0 Å². The van der Waals surface area contributed by atoms with E-state index in [9.17, 15) is 4.79 Å². The van der Waals surface area contributed by atoms with E-state index in [0.29, 0.717) is 24.5 Å². The van der Waals surface area contributed by atoms with Gasteiger partial charge in [-0.1, -0.05) is 13.3 Å². The van der Waals surface area contributed by atoms with E-state index in [0.717, 1.165) is 47.8 Å². The standard InChI is InChI=1S/C23H30N4O3/c1-4-20-16(15-29-3)12-21(30-20)23(28)24-17-8-9-19-18(13-17)25-22(26(19)2)14-27-10-6-5-7-11-27/h8-9,12-13H,4-7,10-11,14-15H2,1-3H3,(H,24,28). The van der Waals surface area contributed by atoms with Gasteiger partial charge in [0.05, 0.1) is 24.2 Å². The minimum absolute atomic E-state index is 0.268. The van der Waals surface area contributed by atoms with Crippen molar-refractivity contribution in [3.8, 4) is 0 Å². The van der Waals surface area contributed by atoms with Gasteiger partial charge in [0.1, 0.15) is 11.6 Å². The molecule has 0 aliphatic carbocycles. The highest BCUT2D eigenvalue weighted by atomic mass is 16.5. The van der Waals surface area contributed by atoms with Gasteiger partial charge in [-0.3, -0.25) is 9.69 Å². The molecule has 1 aliphatic rings. The number of aromatic nitrogens is 2. The zero-order chi connectivity index (χ0) is 21.1. The molecule has 1 N–H and O–H groups in total. The predicted molar refractivity (Wildman–Crippen MR) is 117 cm³/mol. The van der Waals surface area contributed by atoms with Gasteiger partial charge in [-0.2, -0.15) is 0 Å². The number of nitrogens with zero attached hydrogens (tertiary/aromatic N) is 3. The Morgan fingerprint density at radius 2 is 2.03 bits per heavy atom. The fourth-order valence-electron chi connectivity index (χ4n) is 4.13. The number of ether oxygens (including phenoxy) is 1. The number of furan rings is 1. The van der Waals surface area contributed by atoms with Crippen LogP contribution in [0.25, 0.3) is 11.0 Å². The zero-order valence-electron chi connectivity index (χ0n) is 18.0. The van der Waals surface area contributed by atoms with Gasteiger partial charge in [-0.25, -0.2) is 4.98 Å². The van der Waals surface area contributed by atoms with Gasteiger partial charge in [-0.05, 0) is 50.2 Å². The SMILES string of the molecule is CCc1oc(C(=O)Nc2ccc3c(c2)nc(CN2CCCCC2)n3C)cc1COC. The summed E-state index contributed by atoms with van der Waals surface area (Å²) >= 11 is 0. The van der Waals surface area contributed by atoms with Gasteiger partial charge in [0.2, 0.25) is 0 Å². The zero-order valence-corrected chi connectivity index (χ0v) is 18.0. The number of hydrogen-bond donors (Lipinski definition) is 1. The molecule has 0 bridgehead atoms.